The molecule has 0 spiro atoms. The van der Waals surface area contributed by atoms with Gasteiger partial charge in [0.1, 0.15) is 11.6 Å². The van der Waals surface area contributed by atoms with Crippen LogP contribution in [-0.2, 0) is 0 Å². The fourth-order valence-corrected chi connectivity index (χ4v) is 5.48. The molecule has 0 aliphatic heterocycles. The quantitative estimate of drug-likeness (QED) is 0.185. The number of halogens is 6. The largest absolute Gasteiger partial charge is 0.453 e. The average Bonchev–Trinajstić information content (AvgIpc) is 2.89. The average molecular weight is 551 g/mol. The lowest BCUT2D eigenvalue weighted by atomic mass is 9.76. The van der Waals surface area contributed by atoms with Crippen molar-refractivity contribution >= 4 is 0 Å². The second-order valence-electron chi connectivity index (χ2n) is 10.2. The smallest absolute Gasteiger partial charge is 0.387 e. The molecule has 3 aromatic carbocycles. The minimum absolute atomic E-state index is 0.00526. The molecule has 1 saturated carbocycles. The topological polar surface area (TPSA) is 18.5 Å². The molecule has 0 radical (unpaired) electrons. The van der Waals surface area contributed by atoms with Crippen LogP contribution in [0.4, 0.5) is 26.3 Å². The first-order valence-electron chi connectivity index (χ1n) is 13.4. The van der Waals surface area contributed by atoms with Crippen LogP contribution in [0.1, 0.15) is 75.3 Å². The molecule has 3 aromatic rings. The summed E-state index contributed by atoms with van der Waals surface area (Å²) in [5.74, 6) is -5.03. The Labute approximate surface area is 225 Å². The molecule has 210 valence electrons. The lowest BCUT2D eigenvalue weighted by molar-refractivity contribution is -0.0546. The molecule has 0 atom stereocenters. The zero-order valence-corrected chi connectivity index (χ0v) is 22.0. The van der Waals surface area contributed by atoms with Crippen LogP contribution in [0.3, 0.4) is 0 Å². The first-order valence-corrected chi connectivity index (χ1v) is 13.4. The molecule has 0 aromatic heterocycles. The Morgan fingerprint density at radius 1 is 0.846 bits per heavy atom. The van der Waals surface area contributed by atoms with Crippen LogP contribution < -0.4 is 9.47 Å². The number of aryl methyl sites for hydroxylation is 1. The van der Waals surface area contributed by atoms with Crippen molar-refractivity contribution in [2.45, 2.75) is 77.7 Å². The van der Waals surface area contributed by atoms with Gasteiger partial charge in [0.05, 0.1) is 0 Å². The van der Waals surface area contributed by atoms with Gasteiger partial charge in [0.2, 0.25) is 0 Å². The van der Waals surface area contributed by atoms with E-state index in [0.29, 0.717) is 18.8 Å². The van der Waals surface area contributed by atoms with Crippen molar-refractivity contribution in [1.82, 2.24) is 0 Å². The summed E-state index contributed by atoms with van der Waals surface area (Å²) in [6, 6.07) is 9.08. The highest BCUT2D eigenvalue weighted by atomic mass is 19.3. The van der Waals surface area contributed by atoms with E-state index in [2.05, 4.69) is 11.7 Å². The Balaban J connectivity index is 1.62. The Morgan fingerprint density at radius 2 is 1.51 bits per heavy atom. The van der Waals surface area contributed by atoms with E-state index in [1.807, 2.05) is 0 Å². The fraction of sp³-hybridized carbons (Fsp3) is 0.419. The Kier molecular flexibility index (Phi) is 9.46. The molecule has 0 bridgehead atoms. The van der Waals surface area contributed by atoms with E-state index in [0.717, 1.165) is 37.8 Å². The number of unbranched alkanes of at least 4 members (excludes halogenated alkanes) is 2. The van der Waals surface area contributed by atoms with Crippen molar-refractivity contribution in [3.63, 3.8) is 0 Å². The molecule has 0 unspecified atom stereocenters. The summed E-state index contributed by atoms with van der Waals surface area (Å²) in [6.07, 6.45) is 7.88. The van der Waals surface area contributed by atoms with Gasteiger partial charge in [-0.05, 0) is 79.8 Å². The summed E-state index contributed by atoms with van der Waals surface area (Å²) < 4.78 is 94.7. The van der Waals surface area contributed by atoms with E-state index in [1.54, 1.807) is 12.1 Å². The number of hydrogen-bond acceptors (Lipinski definition) is 2. The number of ether oxygens (including phenoxy) is 2. The van der Waals surface area contributed by atoms with Crippen LogP contribution >= 0.6 is 0 Å². The molecule has 1 aliphatic carbocycles. The van der Waals surface area contributed by atoms with Gasteiger partial charge in [-0.15, -0.1) is 0 Å². The predicted molar refractivity (Wildman–Crippen MR) is 138 cm³/mol. The second-order valence-corrected chi connectivity index (χ2v) is 10.2. The maximum Gasteiger partial charge on any atom is 0.387 e. The van der Waals surface area contributed by atoms with Gasteiger partial charge in [0.25, 0.3) is 0 Å². The zero-order valence-electron chi connectivity index (χ0n) is 22.0. The van der Waals surface area contributed by atoms with E-state index in [1.165, 1.54) is 38.0 Å². The molecular weight excluding hydrogens is 518 g/mol. The molecule has 0 N–H and O–H groups in total. The Morgan fingerprint density at radius 3 is 2.15 bits per heavy atom. The number of benzene rings is 3. The van der Waals surface area contributed by atoms with Gasteiger partial charge in [-0.1, -0.05) is 50.8 Å². The van der Waals surface area contributed by atoms with E-state index >= 15 is 8.78 Å². The summed E-state index contributed by atoms with van der Waals surface area (Å²) in [4.78, 5) is 0. The predicted octanol–water partition coefficient (Wildman–Crippen LogP) is 10.5. The van der Waals surface area contributed by atoms with Crippen LogP contribution in [-0.4, -0.2) is 6.61 Å². The third-order valence-electron chi connectivity index (χ3n) is 7.48. The molecule has 4 rings (SSSR count). The monoisotopic (exact) mass is 550 g/mol. The summed E-state index contributed by atoms with van der Waals surface area (Å²) in [6.45, 7) is 0.287. The fourth-order valence-electron chi connectivity index (χ4n) is 5.48. The normalized spacial score (nSPS) is 17.5. The van der Waals surface area contributed by atoms with Crippen LogP contribution in [0.15, 0.2) is 42.5 Å². The van der Waals surface area contributed by atoms with Crippen LogP contribution in [0.25, 0.3) is 11.1 Å². The summed E-state index contributed by atoms with van der Waals surface area (Å²) in [5.41, 5.74) is 0.403. The van der Waals surface area contributed by atoms with Crippen molar-refractivity contribution < 1.29 is 35.8 Å². The first-order chi connectivity index (χ1) is 18.7. The first kappa shape index (κ1) is 28.8. The molecule has 0 saturated heterocycles. The number of alkyl halides is 2. The van der Waals surface area contributed by atoms with E-state index in [9.17, 15) is 17.6 Å². The van der Waals surface area contributed by atoms with Gasteiger partial charge in [-0.3, -0.25) is 0 Å². The summed E-state index contributed by atoms with van der Waals surface area (Å²) in [5, 5.41) is 0. The molecule has 39 heavy (non-hydrogen) atoms. The molecule has 1 aliphatic rings. The van der Waals surface area contributed by atoms with Gasteiger partial charge >= 0.3 is 6.61 Å². The van der Waals surface area contributed by atoms with Crippen LogP contribution in [0.5, 0.6) is 17.2 Å². The lowest BCUT2D eigenvalue weighted by Crippen LogP contribution is -2.16. The van der Waals surface area contributed by atoms with Crippen molar-refractivity contribution in [1.29, 1.82) is 0 Å². The maximum absolute atomic E-state index is 15.9. The van der Waals surface area contributed by atoms with Crippen molar-refractivity contribution in [3.05, 3.63) is 76.9 Å². The third-order valence-corrected chi connectivity index (χ3v) is 7.48. The molecule has 2 nitrogen and oxygen atoms in total. The maximum atomic E-state index is 15.9. The molecular formula is C31H32F6O2. The SMILES string of the molecule is CCCCCC1CCC(c2c(F)cc(C)c(Oc3ccccc3-c3cc(F)c(OC(F)F)c(F)c3)c2F)CC1. The summed E-state index contributed by atoms with van der Waals surface area (Å²) in [7, 11) is 0. The Bertz CT molecular complexity index is 1260. The van der Waals surface area contributed by atoms with E-state index < -0.39 is 35.6 Å². The minimum atomic E-state index is -3.40. The van der Waals surface area contributed by atoms with Crippen molar-refractivity contribution in [2.75, 3.05) is 0 Å². The van der Waals surface area contributed by atoms with E-state index in [4.69, 9.17) is 4.74 Å². The third kappa shape index (κ3) is 6.71. The van der Waals surface area contributed by atoms with Gasteiger partial charge in [0, 0.05) is 11.1 Å². The molecule has 0 heterocycles. The van der Waals surface area contributed by atoms with Gasteiger partial charge in [-0.2, -0.15) is 8.78 Å². The molecule has 1 fully saturated rings. The van der Waals surface area contributed by atoms with Crippen molar-refractivity contribution in [2.24, 2.45) is 5.92 Å². The number of rotatable bonds is 10. The lowest BCUT2D eigenvalue weighted by Gasteiger charge is -2.30. The number of hydrogen-bond donors (Lipinski definition) is 0. The zero-order chi connectivity index (χ0) is 28.1. The van der Waals surface area contributed by atoms with Crippen LogP contribution in [0.2, 0.25) is 0 Å². The van der Waals surface area contributed by atoms with Crippen molar-refractivity contribution in [3.8, 4) is 28.4 Å². The molecule has 8 heteroatoms. The molecule has 0 amide bonds. The van der Waals surface area contributed by atoms with Gasteiger partial charge in [-0.25, -0.2) is 17.6 Å². The standard InChI is InChI=1S/C31H32F6O2/c1-3-4-5-8-19-11-13-20(14-12-19)27-23(32)15-18(2)29(28(27)35)38-26-10-7-6-9-22(26)21-16-24(33)30(25(34)17-21)39-31(36)37/h6-7,9-10,15-17,19-20,31H,3-5,8,11-14H2,1-2H3. The van der Waals surface area contributed by atoms with Gasteiger partial charge in [0.15, 0.2) is 29.0 Å². The van der Waals surface area contributed by atoms with E-state index in [-0.39, 0.29) is 39.7 Å². The minimum Gasteiger partial charge on any atom is -0.453 e. The highest BCUT2D eigenvalue weighted by molar-refractivity contribution is 5.72. The van der Waals surface area contributed by atoms with Crippen LogP contribution in [0, 0.1) is 36.1 Å². The highest BCUT2D eigenvalue weighted by Crippen LogP contribution is 2.44. The van der Waals surface area contributed by atoms with Gasteiger partial charge < -0.3 is 9.47 Å². The highest BCUT2D eigenvalue weighted by Gasteiger charge is 2.30. The Hall–Kier alpha value is -3.16. The summed E-state index contributed by atoms with van der Waals surface area (Å²) >= 11 is 0. The number of para-hydroxylation sites is 1. The second kappa shape index (κ2) is 12.8.